The van der Waals surface area contributed by atoms with Crippen LogP contribution in [0.4, 0.5) is 0 Å². The van der Waals surface area contributed by atoms with Crippen LogP contribution in [0.2, 0.25) is 0 Å². The van der Waals surface area contributed by atoms with Gasteiger partial charge in [-0.25, -0.2) is 0 Å². The van der Waals surface area contributed by atoms with Crippen molar-refractivity contribution in [3.63, 3.8) is 0 Å². The summed E-state index contributed by atoms with van der Waals surface area (Å²) in [6.07, 6.45) is 1.82. The zero-order chi connectivity index (χ0) is 13.8. The molecule has 0 atom stereocenters. The summed E-state index contributed by atoms with van der Waals surface area (Å²) in [5, 5.41) is 15.3. The summed E-state index contributed by atoms with van der Waals surface area (Å²) < 4.78 is 0. The van der Waals surface area contributed by atoms with Crippen molar-refractivity contribution in [3.05, 3.63) is 64.0 Å². The summed E-state index contributed by atoms with van der Waals surface area (Å²) in [7, 11) is 0. The number of fused-ring (bicyclic) bond motifs is 1. The number of para-hydroxylation sites is 1. The van der Waals surface area contributed by atoms with Crippen molar-refractivity contribution >= 4 is 22.2 Å². The average Bonchev–Trinajstić information content (AvgIpc) is 2.95. The Morgan fingerprint density at radius 2 is 2.10 bits per heavy atom. The van der Waals surface area contributed by atoms with E-state index in [4.69, 9.17) is 5.26 Å². The minimum Gasteiger partial charge on any atom is -0.308 e. The number of aromatic nitrogens is 1. The standard InChI is InChI=1S/C16H13N3S/c17-8-12-7-15(20-11-12)10-18-9-14-4-1-3-13-5-2-6-19-16(13)14/h1-7,11,18H,9-10H2. The lowest BCUT2D eigenvalue weighted by Crippen LogP contribution is -2.12. The molecule has 0 saturated carbocycles. The third-order valence-electron chi connectivity index (χ3n) is 3.11. The van der Waals surface area contributed by atoms with Crippen molar-refractivity contribution in [2.75, 3.05) is 0 Å². The molecular weight excluding hydrogens is 266 g/mol. The van der Waals surface area contributed by atoms with Gasteiger partial charge in [0.1, 0.15) is 6.07 Å². The second-order valence-electron chi connectivity index (χ2n) is 4.51. The van der Waals surface area contributed by atoms with E-state index in [1.807, 2.05) is 23.7 Å². The molecule has 0 radical (unpaired) electrons. The Hall–Kier alpha value is -2.22. The van der Waals surface area contributed by atoms with Crippen molar-refractivity contribution in [1.29, 1.82) is 5.26 Å². The third-order valence-corrected chi connectivity index (χ3v) is 4.05. The van der Waals surface area contributed by atoms with Gasteiger partial charge in [-0.3, -0.25) is 4.98 Å². The predicted octanol–water partition coefficient (Wildman–Crippen LogP) is 3.46. The summed E-state index contributed by atoms with van der Waals surface area (Å²) in [4.78, 5) is 5.62. The Bertz CT molecular complexity index is 765. The summed E-state index contributed by atoms with van der Waals surface area (Å²) in [6, 6.07) is 14.3. The summed E-state index contributed by atoms with van der Waals surface area (Å²) >= 11 is 1.61. The molecular formula is C16H13N3S. The van der Waals surface area contributed by atoms with E-state index < -0.39 is 0 Å². The third kappa shape index (κ3) is 2.69. The molecule has 0 fully saturated rings. The highest BCUT2D eigenvalue weighted by atomic mass is 32.1. The number of nitrogens with zero attached hydrogens (tertiary/aromatic N) is 2. The molecule has 0 aliphatic carbocycles. The topological polar surface area (TPSA) is 48.7 Å². The van der Waals surface area contributed by atoms with Gasteiger partial charge in [0.2, 0.25) is 0 Å². The first-order valence-electron chi connectivity index (χ1n) is 6.37. The average molecular weight is 279 g/mol. The molecule has 98 valence electrons. The van der Waals surface area contributed by atoms with Crippen molar-refractivity contribution in [2.24, 2.45) is 0 Å². The Balaban J connectivity index is 1.70. The van der Waals surface area contributed by atoms with Crippen LogP contribution in [-0.2, 0) is 13.1 Å². The number of hydrogen-bond donors (Lipinski definition) is 1. The van der Waals surface area contributed by atoms with Gasteiger partial charge < -0.3 is 5.32 Å². The minimum atomic E-state index is 0.735. The molecule has 2 aromatic heterocycles. The molecule has 0 aliphatic heterocycles. The Morgan fingerprint density at radius 1 is 1.20 bits per heavy atom. The van der Waals surface area contributed by atoms with Crippen molar-refractivity contribution < 1.29 is 0 Å². The van der Waals surface area contributed by atoms with E-state index in [1.54, 1.807) is 11.3 Å². The van der Waals surface area contributed by atoms with Gasteiger partial charge in [0, 0.05) is 34.9 Å². The molecule has 0 amide bonds. The Labute approximate surface area is 121 Å². The van der Waals surface area contributed by atoms with E-state index in [0.29, 0.717) is 0 Å². The van der Waals surface area contributed by atoms with Gasteiger partial charge in [0.25, 0.3) is 0 Å². The van der Waals surface area contributed by atoms with E-state index in [2.05, 4.69) is 40.6 Å². The Morgan fingerprint density at radius 3 is 2.95 bits per heavy atom. The van der Waals surface area contributed by atoms with Gasteiger partial charge in [-0.15, -0.1) is 11.3 Å². The van der Waals surface area contributed by atoms with Gasteiger partial charge in [-0.1, -0.05) is 24.3 Å². The summed E-state index contributed by atoms with van der Waals surface area (Å²) in [6.45, 7) is 1.55. The highest BCUT2D eigenvalue weighted by molar-refractivity contribution is 7.10. The molecule has 0 bridgehead atoms. The van der Waals surface area contributed by atoms with Crippen LogP contribution in [0, 0.1) is 11.3 Å². The van der Waals surface area contributed by atoms with E-state index in [-0.39, 0.29) is 0 Å². The minimum absolute atomic E-state index is 0.735. The molecule has 3 rings (SSSR count). The largest absolute Gasteiger partial charge is 0.308 e. The zero-order valence-electron chi connectivity index (χ0n) is 10.8. The Kier molecular flexibility index (Phi) is 3.73. The normalized spacial score (nSPS) is 10.6. The van der Waals surface area contributed by atoms with Crippen molar-refractivity contribution in [1.82, 2.24) is 10.3 Å². The van der Waals surface area contributed by atoms with Crippen LogP contribution in [0.25, 0.3) is 10.9 Å². The second-order valence-corrected chi connectivity index (χ2v) is 5.51. The van der Waals surface area contributed by atoms with Crippen LogP contribution < -0.4 is 5.32 Å². The molecule has 1 aromatic carbocycles. The van der Waals surface area contributed by atoms with Crippen LogP contribution >= 0.6 is 11.3 Å². The first-order valence-corrected chi connectivity index (χ1v) is 7.25. The highest BCUT2D eigenvalue weighted by Gasteiger charge is 2.02. The van der Waals surface area contributed by atoms with Gasteiger partial charge >= 0.3 is 0 Å². The lowest BCUT2D eigenvalue weighted by atomic mass is 10.1. The fourth-order valence-corrected chi connectivity index (χ4v) is 2.94. The number of nitrogens with one attached hydrogen (secondary N) is 1. The molecule has 0 saturated heterocycles. The van der Waals surface area contributed by atoms with Crippen LogP contribution in [0.3, 0.4) is 0 Å². The number of rotatable bonds is 4. The number of pyridine rings is 1. The molecule has 20 heavy (non-hydrogen) atoms. The highest BCUT2D eigenvalue weighted by Crippen LogP contribution is 2.17. The molecule has 4 heteroatoms. The van der Waals surface area contributed by atoms with Crippen molar-refractivity contribution in [2.45, 2.75) is 13.1 Å². The van der Waals surface area contributed by atoms with E-state index >= 15 is 0 Å². The first-order chi connectivity index (χ1) is 9.86. The zero-order valence-corrected chi connectivity index (χ0v) is 11.7. The fourth-order valence-electron chi connectivity index (χ4n) is 2.16. The van der Waals surface area contributed by atoms with E-state index in [1.165, 1.54) is 10.4 Å². The molecule has 2 heterocycles. The predicted molar refractivity (Wildman–Crippen MR) is 81.3 cm³/mol. The molecule has 1 N–H and O–H groups in total. The monoisotopic (exact) mass is 279 g/mol. The maximum absolute atomic E-state index is 8.80. The first kappa shape index (κ1) is 12.8. The van der Waals surface area contributed by atoms with Crippen LogP contribution in [0.1, 0.15) is 16.0 Å². The second kappa shape index (κ2) is 5.83. The van der Waals surface area contributed by atoms with Crippen LogP contribution in [0.5, 0.6) is 0 Å². The number of hydrogen-bond acceptors (Lipinski definition) is 4. The number of thiophene rings is 1. The van der Waals surface area contributed by atoms with Crippen molar-refractivity contribution in [3.8, 4) is 6.07 Å². The quantitative estimate of drug-likeness (QED) is 0.795. The van der Waals surface area contributed by atoms with E-state index in [0.717, 1.165) is 29.6 Å². The number of nitriles is 1. The van der Waals surface area contributed by atoms with E-state index in [9.17, 15) is 0 Å². The lowest BCUT2D eigenvalue weighted by Gasteiger charge is -2.06. The maximum Gasteiger partial charge on any atom is 0.100 e. The maximum atomic E-state index is 8.80. The fraction of sp³-hybridized carbons (Fsp3) is 0.125. The SMILES string of the molecule is N#Cc1csc(CNCc2cccc3cccnc23)c1. The molecule has 0 spiro atoms. The molecule has 0 aliphatic rings. The van der Waals surface area contributed by atoms with Gasteiger partial charge in [0.05, 0.1) is 11.1 Å². The molecule has 3 nitrogen and oxygen atoms in total. The summed E-state index contributed by atoms with van der Waals surface area (Å²) in [5.74, 6) is 0. The molecule has 3 aromatic rings. The summed E-state index contributed by atoms with van der Waals surface area (Å²) in [5.41, 5.74) is 2.98. The van der Waals surface area contributed by atoms with Crippen LogP contribution in [0.15, 0.2) is 48.0 Å². The smallest absolute Gasteiger partial charge is 0.100 e. The van der Waals surface area contributed by atoms with Gasteiger partial charge in [-0.05, 0) is 17.7 Å². The van der Waals surface area contributed by atoms with Gasteiger partial charge in [-0.2, -0.15) is 5.26 Å². The molecule has 0 unspecified atom stereocenters. The lowest BCUT2D eigenvalue weighted by molar-refractivity contribution is 0.703. The van der Waals surface area contributed by atoms with Crippen LogP contribution in [-0.4, -0.2) is 4.98 Å². The van der Waals surface area contributed by atoms with Gasteiger partial charge in [0.15, 0.2) is 0 Å². The number of benzene rings is 1.